The monoisotopic (exact) mass is 500 g/mol. The number of hydrogen-bond donors (Lipinski definition) is 1. The molecule has 0 aromatic carbocycles. The summed E-state index contributed by atoms with van der Waals surface area (Å²) in [6.45, 7) is 15.7. The van der Waals surface area contributed by atoms with Crippen LogP contribution in [0, 0.1) is 16.2 Å². The molecule has 0 radical (unpaired) electrons. The number of carbonyl (C=O) groups excluding carboxylic acids is 4. The zero-order chi connectivity index (χ0) is 26.9. The predicted molar refractivity (Wildman–Crippen MR) is 124 cm³/mol. The van der Waals surface area contributed by atoms with E-state index in [1.54, 1.807) is 19.9 Å². The first-order valence-corrected chi connectivity index (χ1v) is 12.2. The Labute approximate surface area is 209 Å². The summed E-state index contributed by atoms with van der Waals surface area (Å²) in [4.78, 5) is 51.9. The Hall–Kier alpha value is -2.94. The van der Waals surface area contributed by atoms with E-state index in [1.165, 1.54) is 19.9 Å². The molecule has 3 heterocycles. The lowest BCUT2D eigenvalue weighted by Gasteiger charge is -2.67. The van der Waals surface area contributed by atoms with Crippen LogP contribution >= 0.6 is 0 Å². The molecule has 0 aromatic heterocycles. The van der Waals surface area contributed by atoms with Gasteiger partial charge < -0.3 is 24.1 Å². The van der Waals surface area contributed by atoms with Crippen molar-refractivity contribution >= 4 is 23.9 Å². The standard InChI is InChI=1S/C27H32O9/c1-13-18-19(34-16(4)28)24(8)14(2)26(20(30)33-15(3)27(26,32)21(31)36-24)23(18,7)11-12-25(13)10-9-17(29)35-22(25,5)6/h9-10,15,19,32H,2,11-12H2,1,3-8H3/t15-,19+,23?,24+,25+,26+,27-/m0/s1. The maximum Gasteiger partial charge on any atom is 0.344 e. The summed E-state index contributed by atoms with van der Waals surface area (Å²) in [7, 11) is 0. The van der Waals surface area contributed by atoms with Gasteiger partial charge in [-0.25, -0.2) is 9.59 Å². The van der Waals surface area contributed by atoms with E-state index < -0.39 is 69.1 Å². The number of aliphatic hydroxyl groups is 1. The Morgan fingerprint density at radius 2 is 1.75 bits per heavy atom. The van der Waals surface area contributed by atoms with Gasteiger partial charge in [0.2, 0.25) is 5.60 Å². The van der Waals surface area contributed by atoms with Gasteiger partial charge in [-0.05, 0) is 58.6 Å². The number of fused-ring (bicyclic) bond motifs is 2. The van der Waals surface area contributed by atoms with Crippen LogP contribution in [0.3, 0.4) is 0 Å². The first-order valence-electron chi connectivity index (χ1n) is 12.2. The molecule has 2 saturated heterocycles. The zero-order valence-corrected chi connectivity index (χ0v) is 21.6. The van der Waals surface area contributed by atoms with Crippen LogP contribution in [0.15, 0.2) is 35.5 Å². The third-order valence-electron chi connectivity index (χ3n) is 9.91. The van der Waals surface area contributed by atoms with Crippen LogP contribution in [0.5, 0.6) is 0 Å². The van der Waals surface area contributed by atoms with E-state index in [0.717, 1.165) is 0 Å². The minimum atomic E-state index is -2.34. The van der Waals surface area contributed by atoms with Gasteiger partial charge in [-0.3, -0.25) is 9.59 Å². The van der Waals surface area contributed by atoms with Crippen molar-refractivity contribution in [2.45, 2.75) is 90.3 Å². The average molecular weight is 501 g/mol. The molecular formula is C27H32O9. The molecule has 194 valence electrons. The Balaban J connectivity index is 1.92. The fraction of sp³-hybridized carbons (Fsp3) is 0.630. The molecule has 5 rings (SSSR count). The van der Waals surface area contributed by atoms with E-state index in [-0.39, 0.29) is 12.0 Å². The summed E-state index contributed by atoms with van der Waals surface area (Å²) in [6.07, 6.45) is 1.55. The van der Waals surface area contributed by atoms with Crippen LogP contribution < -0.4 is 0 Å². The highest BCUT2D eigenvalue weighted by Crippen LogP contribution is 2.75. The van der Waals surface area contributed by atoms with Crippen molar-refractivity contribution in [1.82, 2.24) is 0 Å². The smallest absolute Gasteiger partial charge is 0.344 e. The molecular weight excluding hydrogens is 468 g/mol. The number of hydrogen-bond acceptors (Lipinski definition) is 9. The van der Waals surface area contributed by atoms with Gasteiger partial charge >= 0.3 is 23.9 Å². The molecule has 1 saturated carbocycles. The molecule has 5 aliphatic rings. The number of rotatable bonds is 1. The molecule has 7 atom stereocenters. The second-order valence-electron chi connectivity index (χ2n) is 11.6. The van der Waals surface area contributed by atoms with E-state index in [1.807, 2.05) is 20.8 Å². The summed E-state index contributed by atoms with van der Waals surface area (Å²) in [5, 5.41) is 12.0. The van der Waals surface area contributed by atoms with Crippen LogP contribution in [0.25, 0.3) is 0 Å². The molecule has 2 bridgehead atoms. The molecule has 36 heavy (non-hydrogen) atoms. The largest absolute Gasteiger partial charge is 0.458 e. The number of carbonyl (C=O) groups is 4. The van der Waals surface area contributed by atoms with Gasteiger partial charge in [0.15, 0.2) is 11.7 Å². The molecule has 9 nitrogen and oxygen atoms in total. The number of ether oxygens (including phenoxy) is 4. The lowest BCUT2D eigenvalue weighted by Crippen LogP contribution is -2.79. The number of cyclic esters (lactones) is 2. The third kappa shape index (κ3) is 2.28. The summed E-state index contributed by atoms with van der Waals surface area (Å²) < 4.78 is 23.0. The van der Waals surface area contributed by atoms with Gasteiger partial charge in [0.25, 0.3) is 0 Å². The fourth-order valence-corrected chi connectivity index (χ4v) is 8.02. The molecule has 2 aliphatic carbocycles. The molecule has 1 N–H and O–H groups in total. The zero-order valence-electron chi connectivity index (χ0n) is 21.6. The number of esters is 4. The van der Waals surface area contributed by atoms with Crippen LogP contribution in [-0.4, -0.2) is 58.0 Å². The van der Waals surface area contributed by atoms with E-state index in [0.29, 0.717) is 17.6 Å². The van der Waals surface area contributed by atoms with Crippen LogP contribution in [0.1, 0.15) is 61.3 Å². The molecule has 9 heteroatoms. The minimum absolute atomic E-state index is 0.137. The summed E-state index contributed by atoms with van der Waals surface area (Å²) in [5.41, 5.74) is -7.51. The fourth-order valence-electron chi connectivity index (χ4n) is 8.02. The van der Waals surface area contributed by atoms with E-state index in [2.05, 4.69) is 6.58 Å². The lowest BCUT2D eigenvalue weighted by atomic mass is 9.38. The lowest BCUT2D eigenvalue weighted by molar-refractivity contribution is -0.244. The SMILES string of the molecule is C=C1[C@]23C(=O)O[C@@H](C)[C@]2(O)C(=O)O[C@@]1(C)[C@H](OC(C)=O)C1=C(C)[C@@]2(C=CC(=O)OC2(C)C)CCC13C. The topological polar surface area (TPSA) is 125 Å². The average Bonchev–Trinajstić information content (AvgIpc) is 2.96. The maximum absolute atomic E-state index is 13.8. The molecule has 3 aliphatic heterocycles. The molecule has 1 unspecified atom stereocenters. The van der Waals surface area contributed by atoms with Gasteiger partial charge in [-0.2, -0.15) is 0 Å². The first kappa shape index (κ1) is 24.7. The second-order valence-corrected chi connectivity index (χ2v) is 11.6. The van der Waals surface area contributed by atoms with Crippen molar-refractivity contribution in [3.63, 3.8) is 0 Å². The molecule has 0 aromatic rings. The van der Waals surface area contributed by atoms with Gasteiger partial charge in [0.05, 0.1) is 0 Å². The highest BCUT2D eigenvalue weighted by Gasteiger charge is 2.87. The van der Waals surface area contributed by atoms with Crippen LogP contribution in [0.4, 0.5) is 0 Å². The molecule has 2 spiro atoms. The van der Waals surface area contributed by atoms with E-state index >= 15 is 0 Å². The summed E-state index contributed by atoms with van der Waals surface area (Å²) >= 11 is 0. The van der Waals surface area contributed by atoms with Crippen molar-refractivity contribution in [3.8, 4) is 0 Å². The maximum atomic E-state index is 13.8. The van der Waals surface area contributed by atoms with Gasteiger partial charge in [-0.1, -0.05) is 25.2 Å². The summed E-state index contributed by atoms with van der Waals surface area (Å²) in [6, 6.07) is 0. The Morgan fingerprint density at radius 1 is 1.11 bits per heavy atom. The van der Waals surface area contributed by atoms with Crippen molar-refractivity contribution in [1.29, 1.82) is 0 Å². The van der Waals surface area contributed by atoms with Gasteiger partial charge in [-0.15, -0.1) is 0 Å². The van der Waals surface area contributed by atoms with Crippen molar-refractivity contribution in [3.05, 3.63) is 35.5 Å². The van der Waals surface area contributed by atoms with E-state index in [9.17, 15) is 24.3 Å². The Bertz CT molecular complexity index is 1230. The minimum Gasteiger partial charge on any atom is -0.458 e. The van der Waals surface area contributed by atoms with Crippen molar-refractivity contribution in [2.24, 2.45) is 16.2 Å². The van der Waals surface area contributed by atoms with Gasteiger partial charge in [0, 0.05) is 23.8 Å². The Morgan fingerprint density at radius 3 is 2.33 bits per heavy atom. The molecule has 0 amide bonds. The third-order valence-corrected chi connectivity index (χ3v) is 9.91. The summed E-state index contributed by atoms with van der Waals surface area (Å²) in [5.74, 6) is -2.86. The van der Waals surface area contributed by atoms with Crippen molar-refractivity contribution in [2.75, 3.05) is 0 Å². The van der Waals surface area contributed by atoms with Crippen LogP contribution in [0.2, 0.25) is 0 Å². The molecule has 3 fully saturated rings. The second kappa shape index (κ2) is 6.68. The highest BCUT2D eigenvalue weighted by atomic mass is 16.6. The van der Waals surface area contributed by atoms with E-state index in [4.69, 9.17) is 18.9 Å². The highest BCUT2D eigenvalue weighted by molar-refractivity contribution is 6.01. The first-order chi connectivity index (χ1) is 16.5. The normalized spacial score (nSPS) is 46.6. The predicted octanol–water partition coefficient (Wildman–Crippen LogP) is 2.46. The van der Waals surface area contributed by atoms with Crippen LogP contribution in [-0.2, 0) is 38.1 Å². The quantitative estimate of drug-likeness (QED) is 0.328. The van der Waals surface area contributed by atoms with Gasteiger partial charge in [0.1, 0.15) is 17.1 Å². The van der Waals surface area contributed by atoms with Crippen molar-refractivity contribution < 1.29 is 43.2 Å². The Kier molecular flexibility index (Phi) is 4.59.